The predicted molar refractivity (Wildman–Crippen MR) is 62.9 cm³/mol. The molecule has 0 fully saturated rings. The first-order valence-electron chi connectivity index (χ1n) is 4.06. The van der Waals surface area contributed by atoms with E-state index in [2.05, 4.69) is 0 Å². The smallest absolute Gasteiger partial charge is 0.155 e. The number of hydrogen-bond acceptors (Lipinski definition) is 2. The summed E-state index contributed by atoms with van der Waals surface area (Å²) in [5.41, 5.74) is 0.913. The Morgan fingerprint density at radius 3 is 2.93 bits per heavy atom. The molecule has 1 nitrogen and oxygen atoms in total. The fourth-order valence-electron chi connectivity index (χ4n) is 1.39. The molecule has 14 heavy (non-hydrogen) atoms. The van der Waals surface area contributed by atoms with E-state index in [0.717, 1.165) is 21.4 Å². The molecular weight excluding hydrogens is 239 g/mol. The molecule has 1 aromatic heterocycles. The maximum Gasteiger partial charge on any atom is 0.155 e. The van der Waals surface area contributed by atoms with Crippen molar-refractivity contribution in [3.8, 4) is 5.75 Å². The van der Waals surface area contributed by atoms with E-state index in [1.807, 2.05) is 17.5 Å². The van der Waals surface area contributed by atoms with Crippen LogP contribution in [-0.2, 0) is 5.88 Å². The summed E-state index contributed by atoms with van der Waals surface area (Å²) in [6.45, 7) is 0. The van der Waals surface area contributed by atoms with Crippen molar-refractivity contribution in [2.75, 3.05) is 7.11 Å². The number of benzene rings is 1. The van der Waals surface area contributed by atoms with Crippen LogP contribution in [0.4, 0.5) is 0 Å². The van der Waals surface area contributed by atoms with E-state index < -0.39 is 0 Å². The summed E-state index contributed by atoms with van der Waals surface area (Å²) in [5, 5.41) is 3.77. The normalized spacial score (nSPS) is 10.8. The van der Waals surface area contributed by atoms with Crippen LogP contribution in [0.1, 0.15) is 5.56 Å². The van der Waals surface area contributed by atoms with E-state index in [1.165, 1.54) is 0 Å². The zero-order valence-corrected chi connectivity index (χ0v) is 9.84. The summed E-state index contributed by atoms with van der Waals surface area (Å²) in [6, 6.07) is 4.04. The highest BCUT2D eigenvalue weighted by molar-refractivity contribution is 7.17. The van der Waals surface area contributed by atoms with Gasteiger partial charge in [0.25, 0.3) is 0 Å². The maximum atomic E-state index is 6.14. The summed E-state index contributed by atoms with van der Waals surface area (Å²) in [5.74, 6) is 1.14. The van der Waals surface area contributed by atoms with Gasteiger partial charge in [-0.25, -0.2) is 0 Å². The van der Waals surface area contributed by atoms with Crippen molar-refractivity contribution in [2.24, 2.45) is 0 Å². The second-order valence-corrected chi connectivity index (χ2v) is 4.42. The van der Waals surface area contributed by atoms with Gasteiger partial charge >= 0.3 is 0 Å². The van der Waals surface area contributed by atoms with Crippen molar-refractivity contribution in [1.29, 1.82) is 0 Å². The van der Waals surface area contributed by atoms with Gasteiger partial charge in [0, 0.05) is 5.88 Å². The largest absolute Gasteiger partial charge is 0.494 e. The van der Waals surface area contributed by atoms with Gasteiger partial charge in [0.15, 0.2) is 5.75 Å². The summed E-state index contributed by atoms with van der Waals surface area (Å²) in [4.78, 5) is 0. The van der Waals surface area contributed by atoms with Crippen LogP contribution in [0, 0.1) is 0 Å². The average Bonchev–Trinajstić information content (AvgIpc) is 2.64. The molecule has 4 heteroatoms. The van der Waals surface area contributed by atoms with E-state index in [4.69, 9.17) is 27.9 Å². The third kappa shape index (κ3) is 1.48. The number of methoxy groups -OCH3 is 1. The third-order valence-electron chi connectivity index (χ3n) is 2.06. The molecule has 1 heterocycles. The molecular formula is C10H8Cl2OS. The lowest BCUT2D eigenvalue weighted by molar-refractivity contribution is 0.420. The molecule has 0 bridgehead atoms. The monoisotopic (exact) mass is 246 g/mol. The van der Waals surface area contributed by atoms with Crippen molar-refractivity contribution in [3.63, 3.8) is 0 Å². The van der Waals surface area contributed by atoms with E-state index in [0.29, 0.717) is 10.9 Å². The van der Waals surface area contributed by atoms with E-state index in [9.17, 15) is 0 Å². The molecule has 0 spiro atoms. The van der Waals surface area contributed by atoms with Crippen LogP contribution in [0.15, 0.2) is 17.5 Å². The highest BCUT2D eigenvalue weighted by atomic mass is 35.5. The van der Waals surface area contributed by atoms with Crippen molar-refractivity contribution in [2.45, 2.75) is 5.88 Å². The minimum Gasteiger partial charge on any atom is -0.494 e. The topological polar surface area (TPSA) is 9.23 Å². The van der Waals surface area contributed by atoms with Crippen LogP contribution < -0.4 is 4.74 Å². The van der Waals surface area contributed by atoms with E-state index in [-0.39, 0.29) is 0 Å². The Bertz CT molecular complexity index is 464. The van der Waals surface area contributed by atoms with Gasteiger partial charge in [-0.1, -0.05) is 11.6 Å². The molecule has 0 saturated heterocycles. The lowest BCUT2D eigenvalue weighted by Gasteiger charge is -2.07. The lowest BCUT2D eigenvalue weighted by Crippen LogP contribution is -1.88. The molecule has 0 amide bonds. The highest BCUT2D eigenvalue weighted by Crippen LogP contribution is 2.39. The molecule has 1 aromatic carbocycles. The van der Waals surface area contributed by atoms with Crippen LogP contribution in [0.3, 0.4) is 0 Å². The van der Waals surface area contributed by atoms with Crippen molar-refractivity contribution < 1.29 is 4.74 Å². The number of thiophene rings is 1. The summed E-state index contributed by atoms with van der Waals surface area (Å²) >= 11 is 13.6. The quantitative estimate of drug-likeness (QED) is 0.719. The average molecular weight is 247 g/mol. The number of fused-ring (bicyclic) bond motifs is 1. The van der Waals surface area contributed by atoms with E-state index >= 15 is 0 Å². The fraction of sp³-hybridized carbons (Fsp3) is 0.200. The molecule has 74 valence electrons. The number of halogens is 2. The molecule has 0 radical (unpaired) electrons. The molecule has 0 saturated carbocycles. The van der Waals surface area contributed by atoms with Gasteiger partial charge in [-0.05, 0) is 28.5 Å². The Morgan fingerprint density at radius 2 is 2.29 bits per heavy atom. The lowest BCUT2D eigenvalue weighted by atomic mass is 10.2. The maximum absolute atomic E-state index is 6.14. The van der Waals surface area contributed by atoms with Gasteiger partial charge < -0.3 is 4.74 Å². The molecule has 0 aliphatic rings. The third-order valence-corrected chi connectivity index (χ3v) is 3.69. The minimum atomic E-state index is 0.404. The molecule has 0 atom stereocenters. The molecule has 0 aliphatic heterocycles. The molecule has 0 N–H and O–H groups in total. The molecule has 2 aromatic rings. The van der Waals surface area contributed by atoms with Gasteiger partial charge in [0.1, 0.15) is 0 Å². The van der Waals surface area contributed by atoms with Crippen molar-refractivity contribution in [3.05, 3.63) is 28.1 Å². The van der Waals surface area contributed by atoms with E-state index in [1.54, 1.807) is 18.4 Å². The molecule has 0 aliphatic carbocycles. The Kier molecular flexibility index (Phi) is 2.86. The molecule has 2 rings (SSSR count). The first-order chi connectivity index (χ1) is 6.77. The summed E-state index contributed by atoms with van der Waals surface area (Å²) in [7, 11) is 1.62. The van der Waals surface area contributed by atoms with Crippen LogP contribution in [0.2, 0.25) is 5.02 Å². The second kappa shape index (κ2) is 3.97. The number of rotatable bonds is 2. The minimum absolute atomic E-state index is 0.404. The second-order valence-electron chi connectivity index (χ2n) is 2.86. The SMILES string of the molecule is COc1c(Cl)c(CCl)cc2ccsc12. The Labute approximate surface area is 96.2 Å². The highest BCUT2D eigenvalue weighted by Gasteiger charge is 2.12. The van der Waals surface area contributed by atoms with Crippen LogP contribution in [0.25, 0.3) is 10.1 Å². The van der Waals surface area contributed by atoms with Crippen LogP contribution in [-0.4, -0.2) is 7.11 Å². The predicted octanol–water partition coefficient (Wildman–Crippen LogP) is 4.30. The van der Waals surface area contributed by atoms with Crippen LogP contribution >= 0.6 is 34.5 Å². The zero-order chi connectivity index (χ0) is 10.1. The fourth-order valence-corrected chi connectivity index (χ4v) is 2.93. The standard InChI is InChI=1S/C10H8Cl2OS/c1-13-9-8(12)7(5-11)4-6-2-3-14-10(6)9/h2-4H,5H2,1H3. The number of ether oxygens (including phenoxy) is 1. The van der Waals surface area contributed by atoms with Gasteiger partial charge in [0.05, 0.1) is 16.8 Å². The Morgan fingerprint density at radius 1 is 1.50 bits per heavy atom. The molecule has 0 unspecified atom stereocenters. The number of hydrogen-bond donors (Lipinski definition) is 0. The Balaban J connectivity index is 2.80. The van der Waals surface area contributed by atoms with Gasteiger partial charge in [0.2, 0.25) is 0 Å². The first kappa shape index (κ1) is 10.1. The van der Waals surface area contributed by atoms with Gasteiger partial charge in [-0.2, -0.15) is 0 Å². The van der Waals surface area contributed by atoms with Crippen molar-refractivity contribution >= 4 is 44.6 Å². The van der Waals surface area contributed by atoms with Gasteiger partial charge in [-0.3, -0.25) is 0 Å². The zero-order valence-electron chi connectivity index (χ0n) is 7.51. The first-order valence-corrected chi connectivity index (χ1v) is 5.85. The van der Waals surface area contributed by atoms with Crippen LogP contribution in [0.5, 0.6) is 5.75 Å². The van der Waals surface area contributed by atoms with Gasteiger partial charge in [-0.15, -0.1) is 22.9 Å². The van der Waals surface area contributed by atoms with Crippen molar-refractivity contribution in [1.82, 2.24) is 0 Å². The Hall–Kier alpha value is -0.440. The summed E-state index contributed by atoms with van der Waals surface area (Å²) < 4.78 is 6.35. The number of alkyl halides is 1. The summed E-state index contributed by atoms with van der Waals surface area (Å²) in [6.07, 6.45) is 0.